The minimum absolute atomic E-state index is 0.00245. The second-order valence-corrected chi connectivity index (χ2v) is 9.78. The van der Waals surface area contributed by atoms with Gasteiger partial charge in [-0.05, 0) is 79.9 Å². The zero-order valence-electron chi connectivity index (χ0n) is 18.5. The first kappa shape index (κ1) is 22.5. The number of hydrogen-bond donors (Lipinski definition) is 2. The number of nitrogens with one attached hydrogen (secondary N) is 2. The number of hydrogen-bond acceptors (Lipinski definition) is 4. The molecule has 33 heavy (non-hydrogen) atoms. The van der Waals surface area contributed by atoms with Crippen LogP contribution in [-0.2, 0) is 14.8 Å². The Morgan fingerprint density at radius 3 is 2.36 bits per heavy atom. The molecule has 1 saturated heterocycles. The van der Waals surface area contributed by atoms with Crippen LogP contribution < -0.4 is 14.9 Å². The number of amides is 2. The maximum Gasteiger partial charge on any atom is 0.261 e. The molecule has 4 rings (SSSR count). The molecular weight excluding hydrogens is 438 g/mol. The number of sulfonamides is 1. The number of carbonyl (C=O) groups excluding carboxylic acids is 2. The summed E-state index contributed by atoms with van der Waals surface area (Å²) in [5, 5.41) is 2.81. The number of benzene rings is 3. The van der Waals surface area contributed by atoms with E-state index in [4.69, 9.17) is 0 Å². The lowest BCUT2D eigenvalue weighted by molar-refractivity contribution is -0.117. The van der Waals surface area contributed by atoms with Gasteiger partial charge in [0.15, 0.2) is 0 Å². The summed E-state index contributed by atoms with van der Waals surface area (Å²) in [5.74, 6) is -0.315. The van der Waals surface area contributed by atoms with Crippen molar-refractivity contribution in [3.05, 3.63) is 83.4 Å². The fraction of sp³-hybridized carbons (Fsp3) is 0.200. The van der Waals surface area contributed by atoms with Crippen molar-refractivity contribution in [2.24, 2.45) is 0 Å². The van der Waals surface area contributed by atoms with E-state index in [-0.39, 0.29) is 16.4 Å². The molecule has 0 radical (unpaired) electrons. The molecular formula is C25H25N3O4S. The molecule has 0 saturated carbocycles. The van der Waals surface area contributed by atoms with Gasteiger partial charge in [0, 0.05) is 35.6 Å². The molecule has 3 aromatic carbocycles. The minimum atomic E-state index is -3.86. The highest BCUT2D eigenvalue weighted by Gasteiger charge is 2.22. The van der Waals surface area contributed by atoms with Crippen LogP contribution >= 0.6 is 0 Å². The molecule has 0 spiro atoms. The second-order valence-electron chi connectivity index (χ2n) is 8.10. The van der Waals surface area contributed by atoms with E-state index in [0.717, 1.165) is 17.7 Å². The number of nitrogens with zero attached hydrogens (tertiary/aromatic N) is 1. The predicted octanol–water partition coefficient (Wildman–Crippen LogP) is 4.48. The van der Waals surface area contributed by atoms with E-state index in [1.54, 1.807) is 60.4 Å². The highest BCUT2D eigenvalue weighted by atomic mass is 32.2. The average molecular weight is 464 g/mol. The molecule has 1 aliphatic rings. The number of aryl methyl sites for hydroxylation is 2. The molecule has 0 aromatic heterocycles. The molecule has 2 N–H and O–H groups in total. The fourth-order valence-electron chi connectivity index (χ4n) is 3.78. The van der Waals surface area contributed by atoms with Gasteiger partial charge in [-0.1, -0.05) is 18.2 Å². The van der Waals surface area contributed by atoms with Crippen LogP contribution in [0.4, 0.5) is 17.1 Å². The molecule has 3 aromatic rings. The summed E-state index contributed by atoms with van der Waals surface area (Å²) in [4.78, 5) is 26.6. The number of carbonyl (C=O) groups is 2. The Labute approximate surface area is 193 Å². The normalized spacial score (nSPS) is 13.8. The Bertz CT molecular complexity index is 1320. The lowest BCUT2D eigenvalue weighted by Gasteiger charge is -2.16. The molecule has 8 heteroatoms. The molecule has 0 aliphatic carbocycles. The van der Waals surface area contributed by atoms with Crippen molar-refractivity contribution in [1.82, 2.24) is 0 Å². The SMILES string of the molecule is Cc1cccc(NS(=O)(=O)c2ccc(C)c(C(=O)Nc3ccc(N4CCCC4=O)cc3)c2)c1. The molecule has 2 amide bonds. The van der Waals surface area contributed by atoms with Gasteiger partial charge in [0.1, 0.15) is 0 Å². The maximum atomic E-state index is 12.9. The third kappa shape index (κ3) is 5.06. The van der Waals surface area contributed by atoms with Crippen molar-refractivity contribution in [1.29, 1.82) is 0 Å². The van der Waals surface area contributed by atoms with Gasteiger partial charge in [-0.15, -0.1) is 0 Å². The van der Waals surface area contributed by atoms with E-state index in [0.29, 0.717) is 29.9 Å². The lowest BCUT2D eigenvalue weighted by Crippen LogP contribution is -2.23. The third-order valence-corrected chi connectivity index (χ3v) is 6.92. The summed E-state index contributed by atoms with van der Waals surface area (Å²) in [6, 6.07) is 18.6. The van der Waals surface area contributed by atoms with Crippen LogP contribution in [0.15, 0.2) is 71.6 Å². The Morgan fingerprint density at radius 1 is 0.939 bits per heavy atom. The Balaban J connectivity index is 1.52. The molecule has 0 bridgehead atoms. The quantitative estimate of drug-likeness (QED) is 0.563. The molecule has 0 unspecified atom stereocenters. The van der Waals surface area contributed by atoms with Crippen LogP contribution in [0.3, 0.4) is 0 Å². The van der Waals surface area contributed by atoms with Gasteiger partial charge >= 0.3 is 0 Å². The standard InChI is InChI=1S/C25H25N3O4S/c1-17-5-3-6-20(15-17)27-33(31,32)22-13-8-18(2)23(16-22)25(30)26-19-9-11-21(12-10-19)28-14-4-7-24(28)29/h3,5-6,8-13,15-16,27H,4,7,14H2,1-2H3,(H,26,30). The van der Waals surface area contributed by atoms with Gasteiger partial charge in [-0.2, -0.15) is 0 Å². The van der Waals surface area contributed by atoms with Gasteiger partial charge in [-0.25, -0.2) is 8.42 Å². The zero-order chi connectivity index (χ0) is 23.6. The molecule has 1 aliphatic heterocycles. The van der Waals surface area contributed by atoms with Gasteiger partial charge in [0.2, 0.25) is 5.91 Å². The predicted molar refractivity (Wildman–Crippen MR) is 129 cm³/mol. The van der Waals surface area contributed by atoms with Crippen LogP contribution in [-0.4, -0.2) is 26.8 Å². The number of anilines is 3. The van der Waals surface area contributed by atoms with E-state index >= 15 is 0 Å². The summed E-state index contributed by atoms with van der Waals surface area (Å²) in [5.41, 5.74) is 3.66. The first-order valence-corrected chi connectivity index (χ1v) is 12.1. The van der Waals surface area contributed by atoms with Crippen molar-refractivity contribution in [2.45, 2.75) is 31.6 Å². The van der Waals surface area contributed by atoms with E-state index in [1.165, 1.54) is 12.1 Å². The third-order valence-electron chi connectivity index (χ3n) is 5.54. The second kappa shape index (κ2) is 9.07. The van der Waals surface area contributed by atoms with E-state index in [2.05, 4.69) is 10.0 Å². The van der Waals surface area contributed by atoms with Crippen LogP contribution in [0, 0.1) is 13.8 Å². The average Bonchev–Trinajstić information content (AvgIpc) is 3.20. The topological polar surface area (TPSA) is 95.6 Å². The highest BCUT2D eigenvalue weighted by molar-refractivity contribution is 7.92. The van der Waals surface area contributed by atoms with Crippen molar-refractivity contribution in [2.75, 3.05) is 21.5 Å². The molecule has 0 atom stereocenters. The van der Waals surface area contributed by atoms with Crippen molar-refractivity contribution in [3.8, 4) is 0 Å². The summed E-state index contributed by atoms with van der Waals surface area (Å²) in [6.45, 7) is 4.32. The first-order chi connectivity index (χ1) is 15.7. The van der Waals surface area contributed by atoms with Gasteiger partial charge < -0.3 is 10.2 Å². The number of rotatable bonds is 6. The van der Waals surface area contributed by atoms with E-state index in [1.807, 2.05) is 13.0 Å². The Morgan fingerprint density at radius 2 is 1.70 bits per heavy atom. The fourth-order valence-corrected chi connectivity index (χ4v) is 4.86. The maximum absolute atomic E-state index is 12.9. The van der Waals surface area contributed by atoms with Gasteiger partial charge in [0.05, 0.1) is 4.90 Å². The summed E-state index contributed by atoms with van der Waals surface area (Å²) in [7, 11) is -3.86. The van der Waals surface area contributed by atoms with E-state index < -0.39 is 15.9 Å². The molecule has 1 heterocycles. The van der Waals surface area contributed by atoms with Crippen LogP contribution in [0.25, 0.3) is 0 Å². The van der Waals surface area contributed by atoms with Crippen LogP contribution in [0.1, 0.15) is 34.3 Å². The monoisotopic (exact) mass is 463 g/mol. The Kier molecular flexibility index (Phi) is 6.20. The zero-order valence-corrected chi connectivity index (χ0v) is 19.3. The Hall–Kier alpha value is -3.65. The molecule has 7 nitrogen and oxygen atoms in total. The molecule has 1 fully saturated rings. The van der Waals surface area contributed by atoms with Crippen molar-refractivity contribution in [3.63, 3.8) is 0 Å². The van der Waals surface area contributed by atoms with E-state index in [9.17, 15) is 18.0 Å². The molecule has 170 valence electrons. The van der Waals surface area contributed by atoms with Crippen molar-refractivity contribution < 1.29 is 18.0 Å². The summed E-state index contributed by atoms with van der Waals surface area (Å²) < 4.78 is 28.3. The minimum Gasteiger partial charge on any atom is -0.322 e. The smallest absolute Gasteiger partial charge is 0.261 e. The van der Waals surface area contributed by atoms with Gasteiger partial charge in [0.25, 0.3) is 15.9 Å². The summed E-state index contributed by atoms with van der Waals surface area (Å²) in [6.07, 6.45) is 1.39. The highest BCUT2D eigenvalue weighted by Crippen LogP contribution is 2.24. The lowest BCUT2D eigenvalue weighted by atomic mass is 10.1. The van der Waals surface area contributed by atoms with Gasteiger partial charge in [-0.3, -0.25) is 14.3 Å². The van der Waals surface area contributed by atoms with Crippen LogP contribution in [0.2, 0.25) is 0 Å². The van der Waals surface area contributed by atoms with Crippen molar-refractivity contribution >= 4 is 38.9 Å². The summed E-state index contributed by atoms with van der Waals surface area (Å²) >= 11 is 0. The largest absolute Gasteiger partial charge is 0.322 e. The van der Waals surface area contributed by atoms with Crippen LogP contribution in [0.5, 0.6) is 0 Å². The first-order valence-electron chi connectivity index (χ1n) is 10.6.